The van der Waals surface area contributed by atoms with Crippen molar-refractivity contribution in [3.8, 4) is 0 Å². The number of fused-ring (bicyclic) bond motifs is 3. The van der Waals surface area contributed by atoms with Gasteiger partial charge in [0.25, 0.3) is 0 Å². The molecule has 238 valence electrons. The number of halogens is 2. The van der Waals surface area contributed by atoms with Crippen LogP contribution in [0.4, 0.5) is 22.7 Å². The molecule has 1 fully saturated rings. The number of aryl methyl sites for hydroxylation is 6. The summed E-state index contributed by atoms with van der Waals surface area (Å²) in [5, 5.41) is 7.90. The van der Waals surface area contributed by atoms with Crippen molar-refractivity contribution in [1.82, 2.24) is 0 Å². The van der Waals surface area contributed by atoms with Gasteiger partial charge in [0.15, 0.2) is 0 Å². The molecule has 0 atom stereocenters. The van der Waals surface area contributed by atoms with Crippen molar-refractivity contribution < 1.29 is 18.3 Å². The molecular weight excluding hydrogens is 676 g/mol. The molecule has 1 N–H and O–H groups in total. The standard InChI is InChI=1S/C21H27N2.C12H11N2.C3H6O.2ClH.Ru/c1-14-9-16(3)20(17(4)10-14)22-7-8-23(13-22)21-18(5)11-15(2)12-19(21)6;1-3-9-5-6-10-4-2-8-14-12(10)11(9)13-7-1;1-3-4-2;;;/h9-13H,7-8H2,1-6H3;1-6,13H,7-8H2;2H,3H2,1H3;2*1H;/q2*-1;;;;+2/p-2. The molecule has 0 radical (unpaired) electrons. The van der Waals surface area contributed by atoms with Crippen LogP contribution in [0.15, 0.2) is 48.6 Å². The number of hydrogen-bond acceptors (Lipinski definition) is 4. The Labute approximate surface area is 277 Å². The van der Waals surface area contributed by atoms with E-state index in [1.165, 1.54) is 66.4 Å². The molecule has 3 aromatic carbocycles. The van der Waals surface area contributed by atoms with Crippen LogP contribution in [0, 0.1) is 48.2 Å². The van der Waals surface area contributed by atoms with Crippen molar-refractivity contribution >= 4 is 59.1 Å². The van der Waals surface area contributed by atoms with Crippen molar-refractivity contribution in [2.24, 2.45) is 0 Å². The maximum atomic E-state index is 5.38. The molecular formula is C36H44Cl2N4ORu-2. The third-order valence-electron chi connectivity index (χ3n) is 7.58. The number of anilines is 3. The van der Waals surface area contributed by atoms with Crippen LogP contribution < -0.4 is 15.1 Å². The summed E-state index contributed by atoms with van der Waals surface area (Å²) in [5.41, 5.74) is 15.6. The van der Waals surface area contributed by atoms with Gasteiger partial charge in [-0.15, -0.1) is 18.3 Å². The quantitative estimate of drug-likeness (QED) is 0.215. The molecule has 3 heterocycles. The van der Waals surface area contributed by atoms with Crippen molar-refractivity contribution in [3.05, 3.63) is 105 Å². The Balaban J connectivity index is 0.000000177. The van der Waals surface area contributed by atoms with Gasteiger partial charge in [0, 0.05) is 36.7 Å². The summed E-state index contributed by atoms with van der Waals surface area (Å²) in [6.07, 6.45) is 8.52. The summed E-state index contributed by atoms with van der Waals surface area (Å²) in [6.45, 7) is 21.8. The molecule has 3 aromatic rings. The Hall–Kier alpha value is -2.63. The van der Waals surface area contributed by atoms with E-state index in [-0.39, 0.29) is 0 Å². The number of benzene rings is 3. The number of hydrogen-bond donors (Lipinski definition) is 1. The fraction of sp³-hybridized carbons (Fsp3) is 0.333. The van der Waals surface area contributed by atoms with E-state index in [0.717, 1.165) is 31.9 Å². The van der Waals surface area contributed by atoms with Crippen molar-refractivity contribution in [3.63, 3.8) is 0 Å². The van der Waals surface area contributed by atoms with Crippen LogP contribution in [0.3, 0.4) is 0 Å². The minimum Gasteiger partial charge on any atom is -0.502 e. The van der Waals surface area contributed by atoms with Gasteiger partial charge in [0.1, 0.15) is 0 Å². The predicted molar refractivity (Wildman–Crippen MR) is 191 cm³/mol. The Morgan fingerprint density at radius 2 is 1.36 bits per heavy atom. The van der Waals surface area contributed by atoms with E-state index in [4.69, 9.17) is 24.1 Å². The smallest absolute Gasteiger partial charge is 0.0146 e. The molecule has 3 aliphatic heterocycles. The van der Waals surface area contributed by atoms with Crippen molar-refractivity contribution in [2.75, 3.05) is 47.9 Å². The van der Waals surface area contributed by atoms with E-state index in [1.807, 2.05) is 6.92 Å². The fourth-order valence-electron chi connectivity index (χ4n) is 6.12. The first kappa shape index (κ1) is 34.3. The maximum Gasteiger partial charge on any atom is 0.0146 e. The molecule has 1 saturated heterocycles. The van der Waals surface area contributed by atoms with Crippen molar-refractivity contribution in [2.45, 2.75) is 48.5 Å². The third kappa shape index (κ3) is 8.76. The normalized spacial score (nSPS) is 14.7. The largest absolute Gasteiger partial charge is 0.502 e. The van der Waals surface area contributed by atoms with Gasteiger partial charge in [-0.05, 0) is 74.9 Å². The Morgan fingerprint density at radius 1 is 0.841 bits per heavy atom. The summed E-state index contributed by atoms with van der Waals surface area (Å²) in [6, 6.07) is 13.4. The fourth-order valence-corrected chi connectivity index (χ4v) is 7.15. The van der Waals surface area contributed by atoms with E-state index < -0.39 is 13.5 Å². The second kappa shape index (κ2) is 16.1. The number of nitrogens with one attached hydrogen (secondary N) is 1. The monoisotopic (exact) mass is 720 g/mol. The van der Waals surface area contributed by atoms with Crippen LogP contribution in [-0.2, 0) is 18.3 Å². The van der Waals surface area contributed by atoms with Gasteiger partial charge in [0.05, 0.1) is 0 Å². The zero-order valence-electron chi connectivity index (χ0n) is 26.8. The molecule has 44 heavy (non-hydrogen) atoms. The summed E-state index contributed by atoms with van der Waals surface area (Å²) < 4.78 is 4.77. The molecule has 0 aromatic heterocycles. The van der Waals surface area contributed by atoms with E-state index >= 15 is 0 Å². The van der Waals surface area contributed by atoms with Gasteiger partial charge in [-0.3, -0.25) is 0 Å². The summed E-state index contributed by atoms with van der Waals surface area (Å²) in [7, 11) is 10.8. The van der Waals surface area contributed by atoms with E-state index in [0.29, 0.717) is 6.61 Å². The topological polar surface area (TPSA) is 41.8 Å². The first-order valence-corrected chi connectivity index (χ1v) is 20.5. The molecule has 0 bridgehead atoms. The average Bonchev–Trinajstić information content (AvgIpc) is 3.44. The zero-order valence-corrected chi connectivity index (χ0v) is 30.1. The van der Waals surface area contributed by atoms with Crippen LogP contribution in [0.2, 0.25) is 0 Å². The number of rotatable bonds is 4. The van der Waals surface area contributed by atoms with Crippen LogP contribution in [-0.4, -0.2) is 37.6 Å². The SMILES string of the molecule is C1=Cc2ccc3c(c2[N-]C1)NCC=C3.CCO[CH]=[Ru]([Cl])[Cl].Cc1cc(C)c(N2[CH-]N(c3c(C)cc(C)cc3C)CC2)c(C)c1. The van der Waals surface area contributed by atoms with Crippen LogP contribution in [0.5, 0.6) is 0 Å². The molecule has 3 aliphatic rings. The van der Waals surface area contributed by atoms with E-state index in [2.05, 4.69) is 129 Å². The minimum atomic E-state index is -1.63. The average molecular weight is 721 g/mol. The van der Waals surface area contributed by atoms with Crippen LogP contribution in [0.1, 0.15) is 51.4 Å². The zero-order chi connectivity index (χ0) is 31.8. The Morgan fingerprint density at radius 3 is 1.86 bits per heavy atom. The van der Waals surface area contributed by atoms with E-state index in [9.17, 15) is 0 Å². The van der Waals surface area contributed by atoms with Crippen molar-refractivity contribution in [1.29, 1.82) is 0 Å². The predicted octanol–water partition coefficient (Wildman–Crippen LogP) is 9.85. The second-order valence-corrected chi connectivity index (χ2v) is 16.9. The van der Waals surface area contributed by atoms with Gasteiger partial charge in [0.2, 0.25) is 0 Å². The molecule has 0 spiro atoms. The molecule has 0 aliphatic carbocycles. The van der Waals surface area contributed by atoms with Crippen LogP contribution in [0.25, 0.3) is 17.5 Å². The van der Waals surface area contributed by atoms with Gasteiger partial charge in [-0.25, -0.2) is 0 Å². The molecule has 0 unspecified atom stereocenters. The maximum absolute atomic E-state index is 5.38. The first-order chi connectivity index (χ1) is 21.1. The third-order valence-corrected chi connectivity index (χ3v) is 8.93. The summed E-state index contributed by atoms with van der Waals surface area (Å²) in [5.74, 6) is 0. The number of ether oxygens (including phenoxy) is 1. The summed E-state index contributed by atoms with van der Waals surface area (Å²) in [4.78, 5) is 6.33. The minimum absolute atomic E-state index is 0.657. The molecule has 5 nitrogen and oxygen atoms in total. The molecule has 0 saturated carbocycles. The van der Waals surface area contributed by atoms with Gasteiger partial charge >= 0.3 is 56.0 Å². The number of nitrogens with zero attached hydrogens (tertiary/aromatic N) is 3. The second-order valence-electron chi connectivity index (χ2n) is 11.2. The van der Waals surface area contributed by atoms with Crippen LogP contribution >= 0.6 is 19.4 Å². The first-order valence-electron chi connectivity index (χ1n) is 15.0. The van der Waals surface area contributed by atoms with Gasteiger partial charge < -0.3 is 20.4 Å². The van der Waals surface area contributed by atoms with Gasteiger partial charge in [-0.2, -0.15) is 6.67 Å². The Bertz CT molecular complexity index is 1410. The Kier molecular flexibility index (Phi) is 12.5. The molecule has 6 rings (SSSR count). The van der Waals surface area contributed by atoms with E-state index in [1.54, 1.807) is 0 Å². The molecule has 8 heteroatoms. The van der Waals surface area contributed by atoms with Gasteiger partial charge in [-0.1, -0.05) is 65.8 Å². The summed E-state index contributed by atoms with van der Waals surface area (Å²) >= 11 is -1.63. The molecule has 0 amide bonds.